The number of carboxylic acids is 1. The lowest BCUT2D eigenvalue weighted by Crippen LogP contribution is -2.34. The Morgan fingerprint density at radius 3 is 1.81 bits per heavy atom. The molecule has 0 aliphatic heterocycles. The van der Waals surface area contributed by atoms with Gasteiger partial charge in [0.05, 0.1) is 0 Å². The summed E-state index contributed by atoms with van der Waals surface area (Å²) in [6, 6.07) is 0. The molecule has 0 aromatic carbocycles. The Morgan fingerprint density at radius 2 is 1.38 bits per heavy atom. The largest absolute Gasteiger partial charge is 0.481 e. The predicted octanol–water partition coefficient (Wildman–Crippen LogP) is 5.08. The summed E-state index contributed by atoms with van der Waals surface area (Å²) in [6.45, 7) is 8.12. The van der Waals surface area contributed by atoms with E-state index in [-0.39, 0.29) is 6.23 Å². The zero-order valence-corrected chi connectivity index (χ0v) is 17.7. The fourth-order valence-electron chi connectivity index (χ4n) is 2.69. The summed E-state index contributed by atoms with van der Waals surface area (Å²) in [5, 5.41) is 10.8. The van der Waals surface area contributed by atoms with Crippen LogP contribution in [0, 0.1) is 0 Å². The third kappa shape index (κ3) is 28.2. The van der Waals surface area contributed by atoms with Crippen LogP contribution in [0.5, 0.6) is 0 Å². The molecule has 0 saturated heterocycles. The Bertz CT molecular complexity index is 272. The molecule has 0 bridgehead atoms. The van der Waals surface area contributed by atoms with Crippen LogP contribution in [0.3, 0.4) is 0 Å². The van der Waals surface area contributed by atoms with Crippen LogP contribution in [-0.2, 0) is 9.53 Å². The minimum atomic E-state index is -0.833. The number of nitrogens with one attached hydrogen (secondary N) is 1. The number of carbonyl (C=O) groups is 1. The van der Waals surface area contributed by atoms with Crippen molar-refractivity contribution in [1.82, 2.24) is 5.32 Å². The maximum Gasteiger partial charge on any atom is 0.300 e. The molecule has 0 rings (SSSR count). The summed E-state index contributed by atoms with van der Waals surface area (Å²) in [5.41, 5.74) is 5.62. The lowest BCUT2D eigenvalue weighted by molar-refractivity contribution is -0.134. The van der Waals surface area contributed by atoms with Gasteiger partial charge < -0.3 is 15.6 Å². The van der Waals surface area contributed by atoms with Gasteiger partial charge in [-0.1, -0.05) is 78.1 Å². The monoisotopic (exact) mass is 374 g/mol. The van der Waals surface area contributed by atoms with Gasteiger partial charge in [-0.25, -0.2) is 0 Å². The van der Waals surface area contributed by atoms with Crippen molar-refractivity contribution >= 4 is 5.97 Å². The number of ether oxygens (including phenoxy) is 1. The van der Waals surface area contributed by atoms with E-state index >= 15 is 0 Å². The molecule has 0 saturated carbocycles. The average Bonchev–Trinajstić information content (AvgIpc) is 2.60. The normalized spacial score (nSPS) is 11.7. The van der Waals surface area contributed by atoms with E-state index in [1.807, 2.05) is 0 Å². The van der Waals surface area contributed by atoms with Crippen molar-refractivity contribution < 1.29 is 14.6 Å². The molecular formula is C21H46N2O3. The van der Waals surface area contributed by atoms with Crippen molar-refractivity contribution in [1.29, 1.82) is 0 Å². The molecule has 0 aromatic heterocycles. The van der Waals surface area contributed by atoms with Gasteiger partial charge >= 0.3 is 0 Å². The molecule has 0 amide bonds. The predicted molar refractivity (Wildman–Crippen MR) is 111 cm³/mol. The minimum absolute atomic E-state index is 0.160. The number of carboxylic acid groups (broad SMARTS) is 1. The van der Waals surface area contributed by atoms with Gasteiger partial charge in [0.2, 0.25) is 0 Å². The Kier molecular flexibility index (Phi) is 25.8. The second-order valence-corrected chi connectivity index (χ2v) is 6.95. The number of nitrogens with two attached hydrogens (primary N) is 1. The first-order valence-electron chi connectivity index (χ1n) is 10.8. The fraction of sp³-hybridized carbons (Fsp3) is 0.952. The van der Waals surface area contributed by atoms with Gasteiger partial charge in [-0.2, -0.15) is 0 Å². The van der Waals surface area contributed by atoms with Crippen LogP contribution in [0.4, 0.5) is 0 Å². The van der Waals surface area contributed by atoms with Crippen LogP contribution in [0.1, 0.15) is 104 Å². The highest BCUT2D eigenvalue weighted by molar-refractivity contribution is 5.62. The number of hydrogen-bond acceptors (Lipinski definition) is 4. The Balaban J connectivity index is 0. The van der Waals surface area contributed by atoms with Gasteiger partial charge in [-0.15, -0.1) is 0 Å². The molecule has 158 valence electrons. The smallest absolute Gasteiger partial charge is 0.300 e. The van der Waals surface area contributed by atoms with Crippen LogP contribution in [-0.4, -0.2) is 37.0 Å². The summed E-state index contributed by atoms with van der Waals surface area (Å²) >= 11 is 0. The van der Waals surface area contributed by atoms with Crippen LogP contribution in [0.2, 0.25) is 0 Å². The highest BCUT2D eigenvalue weighted by Gasteiger charge is 2.05. The van der Waals surface area contributed by atoms with Gasteiger partial charge in [0.1, 0.15) is 6.23 Å². The Hall–Kier alpha value is -0.650. The van der Waals surface area contributed by atoms with Crippen LogP contribution in [0.25, 0.3) is 0 Å². The van der Waals surface area contributed by atoms with Gasteiger partial charge in [0, 0.05) is 13.5 Å². The summed E-state index contributed by atoms with van der Waals surface area (Å²) in [7, 11) is 0. The first kappa shape index (κ1) is 27.6. The molecule has 26 heavy (non-hydrogen) atoms. The van der Waals surface area contributed by atoms with Crippen LogP contribution < -0.4 is 11.1 Å². The lowest BCUT2D eigenvalue weighted by atomic mass is 10.1. The van der Waals surface area contributed by atoms with E-state index in [9.17, 15) is 0 Å². The quantitative estimate of drug-likeness (QED) is 0.230. The Labute approximate surface area is 162 Å². The molecule has 4 N–H and O–H groups in total. The molecule has 0 aliphatic rings. The molecule has 1 unspecified atom stereocenters. The summed E-state index contributed by atoms with van der Waals surface area (Å²) in [5.74, 6) is -0.833. The molecule has 0 radical (unpaired) electrons. The first-order valence-corrected chi connectivity index (χ1v) is 10.8. The Morgan fingerprint density at radius 1 is 0.923 bits per heavy atom. The standard InChI is InChI=1S/C19H42N2O.C2H4O2/c1-3-5-6-7-8-9-10-11-12-13-14-18-22-19(15-16-20)21-17-4-2;1-2(3)4/h19,21H,3-18,20H2,1-2H3;1H3,(H,3,4). The molecule has 0 spiro atoms. The van der Waals surface area contributed by atoms with E-state index in [0.29, 0.717) is 6.54 Å². The molecule has 0 fully saturated rings. The van der Waals surface area contributed by atoms with Crippen molar-refractivity contribution in [2.24, 2.45) is 5.73 Å². The van der Waals surface area contributed by atoms with E-state index in [1.165, 1.54) is 70.6 Å². The zero-order valence-electron chi connectivity index (χ0n) is 17.7. The van der Waals surface area contributed by atoms with Crippen molar-refractivity contribution in [3.05, 3.63) is 0 Å². The van der Waals surface area contributed by atoms with Crippen molar-refractivity contribution in [2.45, 2.75) is 110 Å². The molecule has 0 heterocycles. The van der Waals surface area contributed by atoms with Gasteiger partial charge in [0.15, 0.2) is 0 Å². The van der Waals surface area contributed by atoms with Gasteiger partial charge in [0.25, 0.3) is 5.97 Å². The highest BCUT2D eigenvalue weighted by atomic mass is 16.5. The van der Waals surface area contributed by atoms with Crippen molar-refractivity contribution in [2.75, 3.05) is 19.7 Å². The molecule has 1 atom stereocenters. The summed E-state index contributed by atoms with van der Waals surface area (Å²) in [4.78, 5) is 9.00. The maximum atomic E-state index is 9.00. The molecule has 5 nitrogen and oxygen atoms in total. The lowest BCUT2D eigenvalue weighted by Gasteiger charge is -2.18. The average molecular weight is 375 g/mol. The van der Waals surface area contributed by atoms with E-state index in [2.05, 4.69) is 19.2 Å². The second kappa shape index (κ2) is 24.4. The summed E-state index contributed by atoms with van der Waals surface area (Å²) < 4.78 is 5.88. The fourth-order valence-corrected chi connectivity index (χ4v) is 2.69. The SMILES string of the molecule is CC(=O)O.CCCCCCCCCCCCCOC(CCN)NCCC. The third-order valence-corrected chi connectivity index (χ3v) is 4.12. The second-order valence-electron chi connectivity index (χ2n) is 6.95. The van der Waals surface area contributed by atoms with Crippen LogP contribution >= 0.6 is 0 Å². The number of rotatable bonds is 18. The first-order chi connectivity index (χ1) is 12.6. The van der Waals surface area contributed by atoms with E-state index < -0.39 is 5.97 Å². The van der Waals surface area contributed by atoms with Gasteiger partial charge in [-0.3, -0.25) is 10.1 Å². The number of aliphatic carboxylic acids is 1. The van der Waals surface area contributed by atoms with Crippen molar-refractivity contribution in [3.8, 4) is 0 Å². The van der Waals surface area contributed by atoms with E-state index in [4.69, 9.17) is 20.4 Å². The zero-order chi connectivity index (χ0) is 19.9. The number of hydrogen-bond donors (Lipinski definition) is 3. The molecule has 0 aromatic rings. The molecule has 5 heteroatoms. The topological polar surface area (TPSA) is 84.6 Å². The molecule has 0 aliphatic carbocycles. The van der Waals surface area contributed by atoms with Crippen LogP contribution in [0.15, 0.2) is 0 Å². The summed E-state index contributed by atoms with van der Waals surface area (Å²) in [6.07, 6.45) is 17.4. The van der Waals surface area contributed by atoms with E-state index in [1.54, 1.807) is 0 Å². The molecular weight excluding hydrogens is 328 g/mol. The highest BCUT2D eigenvalue weighted by Crippen LogP contribution is 2.11. The van der Waals surface area contributed by atoms with E-state index in [0.717, 1.165) is 32.9 Å². The minimum Gasteiger partial charge on any atom is -0.481 e. The third-order valence-electron chi connectivity index (χ3n) is 4.12. The van der Waals surface area contributed by atoms with Crippen molar-refractivity contribution in [3.63, 3.8) is 0 Å². The maximum absolute atomic E-state index is 9.00. The van der Waals surface area contributed by atoms with Gasteiger partial charge in [-0.05, 0) is 32.4 Å². The number of unbranched alkanes of at least 4 members (excludes halogenated alkanes) is 10.